The van der Waals surface area contributed by atoms with Gasteiger partial charge in [-0.3, -0.25) is 4.98 Å². The fourth-order valence-corrected chi connectivity index (χ4v) is 2.04. The minimum Gasteiger partial charge on any atom is -0.306 e. The Bertz CT molecular complexity index is 629. The molecule has 0 spiro atoms. The fraction of sp³-hybridized carbons (Fsp3) is 0.125. The van der Waals surface area contributed by atoms with Crippen molar-refractivity contribution in [1.82, 2.24) is 14.5 Å². The van der Waals surface area contributed by atoms with Crippen molar-refractivity contribution < 1.29 is 0 Å². The standard InChI is InChI=1S/C16H15N3/c1-2-7-16(8-3-1)19-12-15(18-13-19)10-9-14-6-4-5-11-17-14/h1-8,11-13H,9-10H2. The van der Waals surface area contributed by atoms with Crippen molar-refractivity contribution in [1.29, 1.82) is 0 Å². The number of imidazole rings is 1. The third-order valence-corrected chi connectivity index (χ3v) is 3.05. The average molecular weight is 249 g/mol. The first-order valence-electron chi connectivity index (χ1n) is 6.40. The van der Waals surface area contributed by atoms with Gasteiger partial charge < -0.3 is 4.57 Å². The first-order valence-corrected chi connectivity index (χ1v) is 6.40. The highest BCUT2D eigenvalue weighted by atomic mass is 15.0. The lowest BCUT2D eigenvalue weighted by atomic mass is 10.2. The Kier molecular flexibility index (Phi) is 3.36. The van der Waals surface area contributed by atoms with E-state index < -0.39 is 0 Å². The van der Waals surface area contributed by atoms with Gasteiger partial charge in [0.25, 0.3) is 0 Å². The Labute approximate surface area is 112 Å². The van der Waals surface area contributed by atoms with Gasteiger partial charge in [-0.1, -0.05) is 24.3 Å². The molecule has 94 valence electrons. The summed E-state index contributed by atoms with van der Waals surface area (Å²) in [5.41, 5.74) is 3.34. The molecule has 19 heavy (non-hydrogen) atoms. The SMILES string of the molecule is c1ccc(-n2cnc(CCc3ccccn3)c2)cc1. The predicted molar refractivity (Wildman–Crippen MR) is 75.2 cm³/mol. The minimum atomic E-state index is 0.914. The molecule has 0 saturated heterocycles. The first-order chi connectivity index (χ1) is 9.42. The van der Waals surface area contributed by atoms with Crippen LogP contribution in [-0.4, -0.2) is 14.5 Å². The maximum absolute atomic E-state index is 4.44. The molecule has 0 saturated carbocycles. The van der Waals surface area contributed by atoms with Gasteiger partial charge in [0.05, 0.1) is 12.0 Å². The summed E-state index contributed by atoms with van der Waals surface area (Å²) in [4.78, 5) is 8.77. The molecule has 3 rings (SSSR count). The zero-order valence-corrected chi connectivity index (χ0v) is 10.6. The summed E-state index contributed by atoms with van der Waals surface area (Å²) in [5, 5.41) is 0. The lowest BCUT2D eigenvalue weighted by Gasteiger charge is -2.00. The van der Waals surface area contributed by atoms with Crippen LogP contribution >= 0.6 is 0 Å². The van der Waals surface area contributed by atoms with Gasteiger partial charge in [-0.15, -0.1) is 0 Å². The van der Waals surface area contributed by atoms with Crippen LogP contribution in [0.15, 0.2) is 67.3 Å². The second-order valence-corrected chi connectivity index (χ2v) is 4.43. The fourth-order valence-electron chi connectivity index (χ4n) is 2.04. The van der Waals surface area contributed by atoms with E-state index in [1.807, 2.05) is 53.5 Å². The number of hydrogen-bond donors (Lipinski definition) is 0. The average Bonchev–Trinajstić information content (AvgIpc) is 2.96. The third-order valence-electron chi connectivity index (χ3n) is 3.05. The van der Waals surface area contributed by atoms with Crippen molar-refractivity contribution in [3.63, 3.8) is 0 Å². The van der Waals surface area contributed by atoms with Crippen LogP contribution < -0.4 is 0 Å². The van der Waals surface area contributed by atoms with Crippen LogP contribution in [0.1, 0.15) is 11.4 Å². The van der Waals surface area contributed by atoms with Gasteiger partial charge in [0, 0.05) is 23.8 Å². The van der Waals surface area contributed by atoms with Crippen LogP contribution in [0, 0.1) is 0 Å². The Morgan fingerprint density at radius 1 is 0.789 bits per heavy atom. The van der Waals surface area contributed by atoms with Crippen LogP contribution in [0.2, 0.25) is 0 Å². The molecule has 0 atom stereocenters. The minimum absolute atomic E-state index is 0.914. The summed E-state index contributed by atoms with van der Waals surface area (Å²) in [6.07, 6.45) is 7.61. The van der Waals surface area contributed by atoms with E-state index >= 15 is 0 Å². The normalized spacial score (nSPS) is 10.5. The van der Waals surface area contributed by atoms with E-state index in [1.54, 1.807) is 0 Å². The predicted octanol–water partition coefficient (Wildman–Crippen LogP) is 3.05. The van der Waals surface area contributed by atoms with Gasteiger partial charge in [-0.05, 0) is 37.1 Å². The van der Waals surface area contributed by atoms with Gasteiger partial charge in [-0.25, -0.2) is 4.98 Å². The highest BCUT2D eigenvalue weighted by Gasteiger charge is 2.01. The first kappa shape index (κ1) is 11.7. The Hall–Kier alpha value is -2.42. The number of rotatable bonds is 4. The second kappa shape index (κ2) is 5.48. The van der Waals surface area contributed by atoms with E-state index in [1.165, 1.54) is 0 Å². The number of aromatic nitrogens is 3. The third kappa shape index (κ3) is 2.88. The molecule has 3 heteroatoms. The van der Waals surface area contributed by atoms with E-state index in [9.17, 15) is 0 Å². The van der Waals surface area contributed by atoms with Gasteiger partial charge in [0.2, 0.25) is 0 Å². The van der Waals surface area contributed by atoms with Crippen LogP contribution in [0.4, 0.5) is 0 Å². The molecule has 3 aromatic rings. The number of nitrogens with zero attached hydrogens (tertiary/aromatic N) is 3. The molecule has 2 heterocycles. The van der Waals surface area contributed by atoms with Crippen LogP contribution in [-0.2, 0) is 12.8 Å². The molecule has 0 bridgehead atoms. The van der Waals surface area contributed by atoms with Crippen LogP contribution in [0.3, 0.4) is 0 Å². The summed E-state index contributed by atoms with van der Waals surface area (Å²) >= 11 is 0. The maximum Gasteiger partial charge on any atom is 0.0995 e. The number of pyridine rings is 1. The molecule has 0 amide bonds. The lowest BCUT2D eigenvalue weighted by Crippen LogP contribution is -1.94. The molecular formula is C16H15N3. The van der Waals surface area contributed by atoms with Crippen molar-refractivity contribution in [2.24, 2.45) is 0 Å². The molecular weight excluding hydrogens is 234 g/mol. The topological polar surface area (TPSA) is 30.7 Å². The number of benzene rings is 1. The summed E-state index contributed by atoms with van der Waals surface area (Å²) in [6, 6.07) is 16.2. The van der Waals surface area contributed by atoms with E-state index in [0.29, 0.717) is 0 Å². The number of para-hydroxylation sites is 1. The van der Waals surface area contributed by atoms with Crippen LogP contribution in [0.25, 0.3) is 5.69 Å². The Balaban J connectivity index is 1.69. The van der Waals surface area contributed by atoms with Crippen molar-refractivity contribution in [3.8, 4) is 5.69 Å². The summed E-state index contributed by atoms with van der Waals surface area (Å²) < 4.78 is 2.05. The van der Waals surface area contributed by atoms with Crippen molar-refractivity contribution in [2.45, 2.75) is 12.8 Å². The second-order valence-electron chi connectivity index (χ2n) is 4.43. The summed E-state index contributed by atoms with van der Waals surface area (Å²) in [7, 11) is 0. The van der Waals surface area contributed by atoms with Gasteiger partial charge in [-0.2, -0.15) is 0 Å². The number of aryl methyl sites for hydroxylation is 2. The molecule has 3 nitrogen and oxygen atoms in total. The van der Waals surface area contributed by atoms with Crippen molar-refractivity contribution in [2.75, 3.05) is 0 Å². The van der Waals surface area contributed by atoms with E-state index in [4.69, 9.17) is 0 Å². The molecule has 0 aliphatic heterocycles. The molecule has 0 aliphatic carbocycles. The molecule has 0 radical (unpaired) electrons. The van der Waals surface area contributed by atoms with E-state index in [0.717, 1.165) is 29.9 Å². The summed E-state index contributed by atoms with van der Waals surface area (Å²) in [5.74, 6) is 0. The van der Waals surface area contributed by atoms with Gasteiger partial charge in [0.1, 0.15) is 0 Å². The Morgan fingerprint density at radius 3 is 2.37 bits per heavy atom. The van der Waals surface area contributed by atoms with E-state index in [-0.39, 0.29) is 0 Å². The zero-order valence-electron chi connectivity index (χ0n) is 10.6. The maximum atomic E-state index is 4.44. The highest BCUT2D eigenvalue weighted by molar-refractivity contribution is 5.31. The van der Waals surface area contributed by atoms with Crippen molar-refractivity contribution in [3.05, 3.63) is 78.6 Å². The molecule has 1 aromatic carbocycles. The largest absolute Gasteiger partial charge is 0.306 e. The summed E-state index contributed by atoms with van der Waals surface area (Å²) in [6.45, 7) is 0. The molecule has 0 unspecified atom stereocenters. The number of hydrogen-bond acceptors (Lipinski definition) is 2. The van der Waals surface area contributed by atoms with E-state index in [2.05, 4.69) is 28.3 Å². The van der Waals surface area contributed by atoms with Gasteiger partial charge >= 0.3 is 0 Å². The Morgan fingerprint density at radius 2 is 1.58 bits per heavy atom. The van der Waals surface area contributed by atoms with Crippen molar-refractivity contribution >= 4 is 0 Å². The quantitative estimate of drug-likeness (QED) is 0.711. The monoisotopic (exact) mass is 249 g/mol. The molecule has 0 N–H and O–H groups in total. The molecule has 0 fully saturated rings. The van der Waals surface area contributed by atoms with Gasteiger partial charge in [0.15, 0.2) is 0 Å². The molecule has 0 aliphatic rings. The highest BCUT2D eigenvalue weighted by Crippen LogP contribution is 2.09. The zero-order chi connectivity index (χ0) is 12.9. The smallest absolute Gasteiger partial charge is 0.0995 e. The molecule has 2 aromatic heterocycles. The van der Waals surface area contributed by atoms with Crippen LogP contribution in [0.5, 0.6) is 0 Å². The lowest BCUT2D eigenvalue weighted by molar-refractivity contribution is 0.888.